The van der Waals surface area contributed by atoms with Crippen molar-refractivity contribution < 1.29 is 4.79 Å². The molecular formula is C17H29N3O. The molecule has 118 valence electrons. The van der Waals surface area contributed by atoms with Crippen LogP contribution in [0, 0.1) is 5.92 Å². The minimum absolute atomic E-state index is 0.0253. The molecule has 0 aliphatic heterocycles. The fourth-order valence-electron chi connectivity index (χ4n) is 2.31. The number of nitrogens with zero attached hydrogens (tertiary/aromatic N) is 1. The number of nitrogens with one attached hydrogen (secondary N) is 1. The maximum atomic E-state index is 11.9. The van der Waals surface area contributed by atoms with Crippen LogP contribution in [0.5, 0.6) is 0 Å². The van der Waals surface area contributed by atoms with Crippen molar-refractivity contribution >= 4 is 17.3 Å². The molecule has 0 heterocycles. The Labute approximate surface area is 128 Å². The monoisotopic (exact) mass is 291 g/mol. The number of rotatable bonds is 8. The van der Waals surface area contributed by atoms with Gasteiger partial charge in [-0.25, -0.2) is 0 Å². The molecular weight excluding hydrogens is 262 g/mol. The van der Waals surface area contributed by atoms with Crippen LogP contribution in [0.1, 0.15) is 49.9 Å². The van der Waals surface area contributed by atoms with Gasteiger partial charge in [-0.1, -0.05) is 33.1 Å². The Morgan fingerprint density at radius 2 is 2.05 bits per heavy atom. The normalized spacial score (nSPS) is 12.0. The van der Waals surface area contributed by atoms with Crippen molar-refractivity contribution in [3.05, 3.63) is 23.8 Å². The average molecular weight is 291 g/mol. The van der Waals surface area contributed by atoms with E-state index in [-0.39, 0.29) is 5.91 Å². The molecule has 1 rings (SSSR count). The molecule has 21 heavy (non-hydrogen) atoms. The number of nitrogens with two attached hydrogens (primary N) is 1. The Morgan fingerprint density at radius 3 is 2.57 bits per heavy atom. The van der Waals surface area contributed by atoms with E-state index in [1.165, 1.54) is 25.7 Å². The van der Waals surface area contributed by atoms with Crippen LogP contribution in [0.25, 0.3) is 0 Å². The molecule has 0 aliphatic carbocycles. The molecule has 0 bridgehead atoms. The van der Waals surface area contributed by atoms with E-state index in [1.54, 1.807) is 25.1 Å². The molecule has 0 saturated heterocycles. The number of anilines is 2. The minimum Gasteiger partial charge on any atom is -0.397 e. The largest absolute Gasteiger partial charge is 0.397 e. The number of carbonyl (C=O) groups is 1. The third-order valence-electron chi connectivity index (χ3n) is 3.83. The van der Waals surface area contributed by atoms with Crippen LogP contribution in [-0.2, 0) is 0 Å². The van der Waals surface area contributed by atoms with Gasteiger partial charge in [0.05, 0.1) is 11.4 Å². The molecule has 4 heteroatoms. The van der Waals surface area contributed by atoms with Crippen LogP contribution in [0.3, 0.4) is 0 Å². The Hall–Kier alpha value is -1.71. The molecule has 1 unspecified atom stereocenters. The van der Waals surface area contributed by atoms with Gasteiger partial charge in [0.1, 0.15) is 0 Å². The van der Waals surface area contributed by atoms with E-state index in [2.05, 4.69) is 19.2 Å². The lowest BCUT2D eigenvalue weighted by Crippen LogP contribution is -2.22. The topological polar surface area (TPSA) is 58.4 Å². The van der Waals surface area contributed by atoms with Gasteiger partial charge in [0.15, 0.2) is 0 Å². The van der Waals surface area contributed by atoms with Crippen LogP contribution in [0.15, 0.2) is 18.2 Å². The number of carbonyl (C=O) groups excluding carboxylic acids is 1. The number of unbranched alkanes of at least 4 members (excludes halogenated alkanes) is 1. The van der Waals surface area contributed by atoms with E-state index in [9.17, 15) is 4.79 Å². The molecule has 0 fully saturated rings. The molecule has 1 aromatic rings. The van der Waals surface area contributed by atoms with Crippen molar-refractivity contribution in [2.75, 3.05) is 31.7 Å². The second kappa shape index (κ2) is 8.55. The van der Waals surface area contributed by atoms with E-state index in [1.807, 2.05) is 12.1 Å². The molecule has 1 aromatic carbocycles. The molecule has 0 aliphatic rings. The van der Waals surface area contributed by atoms with Crippen molar-refractivity contribution in [3.63, 3.8) is 0 Å². The first-order valence-corrected chi connectivity index (χ1v) is 7.84. The first-order valence-electron chi connectivity index (χ1n) is 7.84. The second-order valence-corrected chi connectivity index (χ2v) is 5.80. The molecule has 0 radical (unpaired) electrons. The van der Waals surface area contributed by atoms with Gasteiger partial charge in [-0.2, -0.15) is 0 Å². The maximum absolute atomic E-state index is 11.9. The molecule has 1 amide bonds. The van der Waals surface area contributed by atoms with E-state index in [0.29, 0.717) is 17.2 Å². The van der Waals surface area contributed by atoms with E-state index < -0.39 is 0 Å². The standard InChI is InChI=1S/C17H29N3O/c1-5-7-8-13(6-2)12-19-16-10-9-14(11-15(16)18)17(21)20(3)4/h9-11,13,19H,5-8,12,18H2,1-4H3. The van der Waals surface area contributed by atoms with Crippen LogP contribution in [0.4, 0.5) is 11.4 Å². The zero-order valence-electron chi connectivity index (χ0n) is 13.8. The first kappa shape index (κ1) is 17.3. The Bertz CT molecular complexity index is 457. The number of benzene rings is 1. The summed E-state index contributed by atoms with van der Waals surface area (Å²) in [5.41, 5.74) is 8.23. The van der Waals surface area contributed by atoms with Crippen LogP contribution in [-0.4, -0.2) is 31.4 Å². The van der Waals surface area contributed by atoms with Gasteiger partial charge in [0.25, 0.3) is 5.91 Å². The highest BCUT2D eigenvalue weighted by atomic mass is 16.2. The second-order valence-electron chi connectivity index (χ2n) is 5.80. The summed E-state index contributed by atoms with van der Waals surface area (Å²) >= 11 is 0. The average Bonchev–Trinajstić information content (AvgIpc) is 2.47. The van der Waals surface area contributed by atoms with Crippen molar-refractivity contribution in [2.24, 2.45) is 5.92 Å². The predicted molar refractivity (Wildman–Crippen MR) is 90.7 cm³/mol. The third-order valence-corrected chi connectivity index (χ3v) is 3.83. The Morgan fingerprint density at radius 1 is 1.33 bits per heavy atom. The lowest BCUT2D eigenvalue weighted by atomic mass is 9.99. The smallest absolute Gasteiger partial charge is 0.253 e. The third kappa shape index (κ3) is 5.29. The van der Waals surface area contributed by atoms with Crippen molar-refractivity contribution in [1.82, 2.24) is 4.90 Å². The highest BCUT2D eigenvalue weighted by Crippen LogP contribution is 2.22. The number of hydrogen-bond donors (Lipinski definition) is 2. The molecule has 0 spiro atoms. The van der Waals surface area contributed by atoms with Crippen LogP contribution < -0.4 is 11.1 Å². The highest BCUT2D eigenvalue weighted by molar-refractivity contribution is 5.95. The van der Waals surface area contributed by atoms with E-state index in [4.69, 9.17) is 5.73 Å². The number of amides is 1. The van der Waals surface area contributed by atoms with Gasteiger partial charge in [-0.05, 0) is 30.5 Å². The summed E-state index contributed by atoms with van der Waals surface area (Å²) in [5, 5.41) is 3.42. The molecule has 1 atom stereocenters. The SMILES string of the molecule is CCCCC(CC)CNc1ccc(C(=O)N(C)C)cc1N. The van der Waals surface area contributed by atoms with Crippen LogP contribution >= 0.6 is 0 Å². The highest BCUT2D eigenvalue weighted by Gasteiger charge is 2.11. The zero-order chi connectivity index (χ0) is 15.8. The molecule has 0 saturated carbocycles. The Kier molecular flexibility index (Phi) is 7.06. The minimum atomic E-state index is -0.0253. The predicted octanol–water partition coefficient (Wildman–Crippen LogP) is 3.60. The fourth-order valence-corrected chi connectivity index (χ4v) is 2.31. The van der Waals surface area contributed by atoms with Gasteiger partial charge in [-0.3, -0.25) is 4.79 Å². The van der Waals surface area contributed by atoms with Gasteiger partial charge in [0.2, 0.25) is 0 Å². The van der Waals surface area contributed by atoms with Crippen LogP contribution in [0.2, 0.25) is 0 Å². The van der Waals surface area contributed by atoms with Crippen molar-refractivity contribution in [2.45, 2.75) is 39.5 Å². The first-order chi connectivity index (χ1) is 9.99. The van der Waals surface area contributed by atoms with Gasteiger partial charge < -0.3 is 16.0 Å². The van der Waals surface area contributed by atoms with Gasteiger partial charge in [0, 0.05) is 26.2 Å². The molecule has 4 nitrogen and oxygen atoms in total. The van der Waals surface area contributed by atoms with Crippen molar-refractivity contribution in [1.29, 1.82) is 0 Å². The molecule has 3 N–H and O–H groups in total. The van der Waals surface area contributed by atoms with Gasteiger partial charge >= 0.3 is 0 Å². The zero-order valence-corrected chi connectivity index (χ0v) is 13.8. The van der Waals surface area contributed by atoms with E-state index >= 15 is 0 Å². The summed E-state index contributed by atoms with van der Waals surface area (Å²) < 4.78 is 0. The summed E-state index contributed by atoms with van der Waals surface area (Å²) in [6.07, 6.45) is 4.92. The van der Waals surface area contributed by atoms with Gasteiger partial charge in [-0.15, -0.1) is 0 Å². The summed E-state index contributed by atoms with van der Waals surface area (Å²) in [6, 6.07) is 5.48. The number of nitrogen functional groups attached to an aromatic ring is 1. The van der Waals surface area contributed by atoms with E-state index in [0.717, 1.165) is 12.2 Å². The number of hydrogen-bond acceptors (Lipinski definition) is 3. The fraction of sp³-hybridized carbons (Fsp3) is 0.588. The summed E-state index contributed by atoms with van der Waals surface area (Å²) in [5.74, 6) is 0.648. The quantitative estimate of drug-likeness (QED) is 0.719. The summed E-state index contributed by atoms with van der Waals surface area (Å²) in [6.45, 7) is 5.38. The Balaban J connectivity index is 2.66. The lowest BCUT2D eigenvalue weighted by Gasteiger charge is -2.18. The summed E-state index contributed by atoms with van der Waals surface area (Å²) in [7, 11) is 3.48. The lowest BCUT2D eigenvalue weighted by molar-refractivity contribution is 0.0827. The maximum Gasteiger partial charge on any atom is 0.253 e. The molecule has 0 aromatic heterocycles. The van der Waals surface area contributed by atoms with Crippen molar-refractivity contribution in [3.8, 4) is 0 Å². The summed E-state index contributed by atoms with van der Waals surface area (Å²) in [4.78, 5) is 13.4.